The Balaban J connectivity index is 2.17. The number of benzene rings is 1. The molecule has 0 radical (unpaired) electrons. The van der Waals surface area contributed by atoms with Crippen LogP contribution in [-0.2, 0) is 6.54 Å². The molecule has 0 aliphatic heterocycles. The van der Waals surface area contributed by atoms with Crippen molar-refractivity contribution in [3.05, 3.63) is 49.6 Å². The molecular formula is C11H7BrClF2NS. The highest BCUT2D eigenvalue weighted by atomic mass is 79.9. The molecule has 0 unspecified atom stereocenters. The summed E-state index contributed by atoms with van der Waals surface area (Å²) in [7, 11) is 0. The summed E-state index contributed by atoms with van der Waals surface area (Å²) in [6.45, 7) is 0.431. The molecule has 1 aromatic carbocycles. The van der Waals surface area contributed by atoms with Gasteiger partial charge in [0.15, 0.2) is 5.82 Å². The summed E-state index contributed by atoms with van der Waals surface area (Å²) < 4.78 is 27.2. The van der Waals surface area contributed by atoms with Crippen molar-refractivity contribution in [2.75, 3.05) is 5.32 Å². The molecule has 6 heteroatoms. The van der Waals surface area contributed by atoms with Crippen LogP contribution in [0.3, 0.4) is 0 Å². The van der Waals surface area contributed by atoms with E-state index in [1.54, 1.807) is 0 Å². The van der Waals surface area contributed by atoms with E-state index in [9.17, 15) is 8.78 Å². The summed E-state index contributed by atoms with van der Waals surface area (Å²) >= 11 is 10.7. The Morgan fingerprint density at radius 2 is 2.12 bits per heavy atom. The average molecular weight is 339 g/mol. The van der Waals surface area contributed by atoms with Crippen LogP contribution in [0.1, 0.15) is 4.88 Å². The van der Waals surface area contributed by atoms with Gasteiger partial charge in [-0.15, -0.1) is 11.3 Å². The Bertz CT molecular complexity index is 521. The van der Waals surface area contributed by atoms with Crippen molar-refractivity contribution in [3.8, 4) is 0 Å². The molecular weight excluding hydrogens is 332 g/mol. The molecule has 0 aliphatic carbocycles. The number of halogens is 4. The van der Waals surface area contributed by atoms with Crippen LogP contribution < -0.4 is 5.32 Å². The van der Waals surface area contributed by atoms with E-state index in [4.69, 9.17) is 11.6 Å². The number of thiophene rings is 1. The largest absolute Gasteiger partial charge is 0.377 e. The van der Waals surface area contributed by atoms with Gasteiger partial charge in [0.25, 0.3) is 0 Å². The van der Waals surface area contributed by atoms with Crippen LogP contribution in [-0.4, -0.2) is 0 Å². The third-order valence-corrected chi connectivity index (χ3v) is 4.35. The maximum Gasteiger partial charge on any atom is 0.150 e. The first-order chi connectivity index (χ1) is 8.08. The number of hydrogen-bond acceptors (Lipinski definition) is 2. The van der Waals surface area contributed by atoms with E-state index in [1.165, 1.54) is 11.3 Å². The molecule has 0 atom stereocenters. The lowest BCUT2D eigenvalue weighted by atomic mass is 10.3. The first-order valence-corrected chi connectivity index (χ1v) is 6.73. The Hall–Kier alpha value is -0.650. The van der Waals surface area contributed by atoms with Gasteiger partial charge in [-0.25, -0.2) is 8.78 Å². The highest BCUT2D eigenvalue weighted by Crippen LogP contribution is 2.29. The van der Waals surface area contributed by atoms with Crippen molar-refractivity contribution >= 4 is 44.6 Å². The van der Waals surface area contributed by atoms with Gasteiger partial charge in [-0.2, -0.15) is 0 Å². The Morgan fingerprint density at radius 1 is 1.35 bits per heavy atom. The number of anilines is 1. The molecule has 0 aliphatic rings. The van der Waals surface area contributed by atoms with Crippen molar-refractivity contribution in [1.82, 2.24) is 0 Å². The highest BCUT2D eigenvalue weighted by molar-refractivity contribution is 9.10. The van der Waals surface area contributed by atoms with Gasteiger partial charge in [0.2, 0.25) is 0 Å². The molecule has 17 heavy (non-hydrogen) atoms. The fraction of sp³-hybridized carbons (Fsp3) is 0.0909. The minimum absolute atomic E-state index is 0.0372. The molecule has 1 N–H and O–H groups in total. The van der Waals surface area contributed by atoms with E-state index < -0.39 is 11.6 Å². The van der Waals surface area contributed by atoms with E-state index >= 15 is 0 Å². The molecule has 0 amide bonds. The first-order valence-electron chi connectivity index (χ1n) is 4.68. The van der Waals surface area contributed by atoms with E-state index in [1.807, 2.05) is 11.4 Å². The quantitative estimate of drug-likeness (QED) is 0.825. The van der Waals surface area contributed by atoms with Gasteiger partial charge in [-0.1, -0.05) is 11.6 Å². The fourth-order valence-electron chi connectivity index (χ4n) is 1.33. The van der Waals surface area contributed by atoms with Gasteiger partial charge >= 0.3 is 0 Å². The lowest BCUT2D eigenvalue weighted by molar-refractivity contribution is 0.585. The van der Waals surface area contributed by atoms with Gasteiger partial charge in [0, 0.05) is 15.4 Å². The second kappa shape index (κ2) is 5.33. The van der Waals surface area contributed by atoms with Crippen LogP contribution in [0.25, 0.3) is 0 Å². The summed E-state index contributed by atoms with van der Waals surface area (Å²) in [4.78, 5) is 1.02. The summed E-state index contributed by atoms with van der Waals surface area (Å²) in [6.07, 6.45) is 0. The minimum Gasteiger partial charge on any atom is -0.377 e. The van der Waals surface area contributed by atoms with E-state index in [2.05, 4.69) is 21.2 Å². The maximum absolute atomic E-state index is 13.4. The first kappa shape index (κ1) is 12.8. The van der Waals surface area contributed by atoms with Crippen molar-refractivity contribution in [2.24, 2.45) is 0 Å². The Morgan fingerprint density at radius 3 is 2.71 bits per heavy atom. The van der Waals surface area contributed by atoms with Crippen LogP contribution in [0, 0.1) is 11.6 Å². The standard InChI is InChI=1S/C11H7BrClF2NS/c12-7-1-2-17-10(7)5-16-11-8(13)3-6(14)4-9(11)15/h1-4,16H,5H2. The molecule has 0 saturated carbocycles. The van der Waals surface area contributed by atoms with Crippen molar-refractivity contribution in [2.45, 2.75) is 6.54 Å². The summed E-state index contributed by atoms with van der Waals surface area (Å²) in [5.74, 6) is -1.38. The summed E-state index contributed by atoms with van der Waals surface area (Å²) in [5.41, 5.74) is 0.119. The average Bonchev–Trinajstić information content (AvgIpc) is 2.62. The van der Waals surface area contributed by atoms with Gasteiger partial charge in [0.05, 0.1) is 17.3 Å². The van der Waals surface area contributed by atoms with E-state index in [0.29, 0.717) is 6.54 Å². The zero-order valence-corrected chi connectivity index (χ0v) is 11.6. The fourth-order valence-corrected chi connectivity index (χ4v) is 3.02. The zero-order chi connectivity index (χ0) is 12.4. The van der Waals surface area contributed by atoms with Crippen molar-refractivity contribution < 1.29 is 8.78 Å². The summed E-state index contributed by atoms with van der Waals surface area (Å²) in [5, 5.41) is 4.82. The number of rotatable bonds is 3. The summed E-state index contributed by atoms with van der Waals surface area (Å²) in [6, 6.07) is 3.79. The Kier molecular flexibility index (Phi) is 4.01. The minimum atomic E-state index is -0.692. The number of hydrogen-bond donors (Lipinski definition) is 1. The van der Waals surface area contributed by atoms with Gasteiger partial charge in [-0.05, 0) is 33.4 Å². The molecule has 1 heterocycles. The van der Waals surface area contributed by atoms with Crippen LogP contribution >= 0.6 is 38.9 Å². The van der Waals surface area contributed by atoms with E-state index in [0.717, 1.165) is 21.5 Å². The molecule has 0 saturated heterocycles. The Labute approximate surface area is 115 Å². The molecule has 0 spiro atoms. The van der Waals surface area contributed by atoms with Crippen molar-refractivity contribution in [3.63, 3.8) is 0 Å². The topological polar surface area (TPSA) is 12.0 Å². The third-order valence-electron chi connectivity index (χ3n) is 2.12. The molecule has 1 nitrogen and oxygen atoms in total. The number of nitrogens with one attached hydrogen (secondary N) is 1. The predicted octanol–water partition coefficient (Wildman–Crippen LogP) is 5.05. The SMILES string of the molecule is Fc1cc(F)c(NCc2sccc2Br)c(Cl)c1. The van der Waals surface area contributed by atoms with Crippen LogP contribution in [0.4, 0.5) is 14.5 Å². The predicted molar refractivity (Wildman–Crippen MR) is 70.7 cm³/mol. The zero-order valence-electron chi connectivity index (χ0n) is 8.44. The van der Waals surface area contributed by atoms with Gasteiger partial charge < -0.3 is 5.32 Å². The highest BCUT2D eigenvalue weighted by Gasteiger charge is 2.10. The van der Waals surface area contributed by atoms with Crippen LogP contribution in [0.15, 0.2) is 28.1 Å². The molecule has 2 rings (SSSR count). The van der Waals surface area contributed by atoms with Gasteiger partial charge in [-0.3, -0.25) is 0 Å². The second-order valence-corrected chi connectivity index (χ2v) is 5.55. The molecule has 0 bridgehead atoms. The van der Waals surface area contributed by atoms with Gasteiger partial charge in [0.1, 0.15) is 5.82 Å². The monoisotopic (exact) mass is 337 g/mol. The normalized spacial score (nSPS) is 10.6. The van der Waals surface area contributed by atoms with Crippen LogP contribution in [0.2, 0.25) is 5.02 Å². The molecule has 2 aromatic rings. The molecule has 90 valence electrons. The maximum atomic E-state index is 13.4. The van der Waals surface area contributed by atoms with Crippen LogP contribution in [0.5, 0.6) is 0 Å². The lowest BCUT2D eigenvalue weighted by Crippen LogP contribution is -2.01. The second-order valence-electron chi connectivity index (χ2n) is 3.29. The van der Waals surface area contributed by atoms with Crippen molar-refractivity contribution in [1.29, 1.82) is 0 Å². The smallest absolute Gasteiger partial charge is 0.150 e. The van der Waals surface area contributed by atoms with E-state index in [-0.39, 0.29) is 10.7 Å². The lowest BCUT2D eigenvalue weighted by Gasteiger charge is -2.09. The molecule has 1 aromatic heterocycles. The third kappa shape index (κ3) is 2.97. The molecule has 0 fully saturated rings.